The van der Waals surface area contributed by atoms with Gasteiger partial charge in [0.25, 0.3) is 0 Å². The number of hydrogen-bond donors (Lipinski definition) is 1. The summed E-state index contributed by atoms with van der Waals surface area (Å²) in [4.78, 5) is 24.4. The first-order valence-electron chi connectivity index (χ1n) is 10.1. The molecule has 0 radical (unpaired) electrons. The van der Waals surface area contributed by atoms with Gasteiger partial charge in [0.1, 0.15) is 12.6 Å². The number of hydrogen-bond acceptors (Lipinski definition) is 4. The summed E-state index contributed by atoms with van der Waals surface area (Å²) < 4.78 is 11.2. The Morgan fingerprint density at radius 1 is 1.07 bits per heavy atom. The normalized spacial score (nSPS) is 20.8. The van der Waals surface area contributed by atoms with Gasteiger partial charge in [-0.3, -0.25) is 5.32 Å². The topological polar surface area (TPSA) is 64.6 Å². The SMILES string of the molecule is CCOC(=O)C[N+]1(C)CCC[C@H]1COC(=O)Nc1ccccc1-c1ccccc1. The summed E-state index contributed by atoms with van der Waals surface area (Å²) in [5.41, 5.74) is 2.67. The third-order valence-corrected chi connectivity index (χ3v) is 5.54. The van der Waals surface area contributed by atoms with Crippen molar-refractivity contribution in [3.05, 3.63) is 54.6 Å². The lowest BCUT2D eigenvalue weighted by Crippen LogP contribution is -2.53. The Morgan fingerprint density at radius 3 is 2.55 bits per heavy atom. The van der Waals surface area contributed by atoms with Gasteiger partial charge in [-0.25, -0.2) is 9.59 Å². The molecule has 29 heavy (non-hydrogen) atoms. The molecule has 1 aliphatic rings. The molecule has 1 amide bonds. The Hall–Kier alpha value is -2.86. The number of anilines is 1. The number of esters is 1. The molecular weight excluding hydrogens is 368 g/mol. The minimum absolute atomic E-state index is 0.0922. The number of ether oxygens (including phenoxy) is 2. The molecule has 2 atom stereocenters. The number of amides is 1. The van der Waals surface area contributed by atoms with Crippen molar-refractivity contribution < 1.29 is 23.5 Å². The van der Waals surface area contributed by atoms with E-state index in [9.17, 15) is 9.59 Å². The number of benzene rings is 2. The molecule has 1 heterocycles. The lowest BCUT2D eigenvalue weighted by atomic mass is 10.0. The zero-order chi connectivity index (χ0) is 20.7. The fourth-order valence-electron chi connectivity index (χ4n) is 3.93. The van der Waals surface area contributed by atoms with Crippen molar-refractivity contribution in [2.24, 2.45) is 0 Å². The number of quaternary nitrogens is 1. The predicted octanol–water partition coefficient (Wildman–Crippen LogP) is 4.07. The fraction of sp³-hybridized carbons (Fsp3) is 0.391. The van der Waals surface area contributed by atoms with Crippen molar-refractivity contribution in [2.45, 2.75) is 25.8 Å². The first-order chi connectivity index (χ1) is 14.0. The number of likely N-dealkylation sites (tertiary alicyclic amines) is 1. The molecule has 6 heteroatoms. The van der Waals surface area contributed by atoms with Crippen LogP contribution >= 0.6 is 0 Å². The minimum atomic E-state index is -0.483. The molecule has 1 fully saturated rings. The summed E-state index contributed by atoms with van der Waals surface area (Å²) in [7, 11) is 2.03. The molecule has 1 aliphatic heterocycles. The number of nitrogens with zero attached hydrogens (tertiary/aromatic N) is 1. The van der Waals surface area contributed by atoms with Gasteiger partial charge in [0.2, 0.25) is 0 Å². The van der Waals surface area contributed by atoms with E-state index in [0.717, 1.165) is 30.5 Å². The van der Waals surface area contributed by atoms with Crippen LogP contribution in [0.15, 0.2) is 54.6 Å². The van der Waals surface area contributed by atoms with Crippen LogP contribution in [0, 0.1) is 0 Å². The summed E-state index contributed by atoms with van der Waals surface area (Å²) in [6.45, 7) is 3.64. The summed E-state index contributed by atoms with van der Waals surface area (Å²) in [5.74, 6) is -0.205. The Bertz CT molecular complexity index is 840. The number of nitrogens with one attached hydrogen (secondary N) is 1. The molecule has 1 unspecified atom stereocenters. The lowest BCUT2D eigenvalue weighted by molar-refractivity contribution is -0.914. The average molecular weight is 397 g/mol. The molecular formula is C23H29N2O4+. The van der Waals surface area contributed by atoms with E-state index in [-0.39, 0.29) is 18.6 Å². The summed E-state index contributed by atoms with van der Waals surface area (Å²) in [6.07, 6.45) is 1.44. The van der Waals surface area contributed by atoms with Crippen molar-refractivity contribution in [2.75, 3.05) is 38.7 Å². The third kappa shape index (κ3) is 5.35. The molecule has 0 spiro atoms. The van der Waals surface area contributed by atoms with Gasteiger partial charge in [0, 0.05) is 18.4 Å². The van der Waals surface area contributed by atoms with Crippen LogP contribution in [0.4, 0.5) is 10.5 Å². The van der Waals surface area contributed by atoms with Crippen LogP contribution in [-0.2, 0) is 14.3 Å². The maximum Gasteiger partial charge on any atom is 0.411 e. The molecule has 0 saturated carbocycles. The first-order valence-corrected chi connectivity index (χ1v) is 10.1. The van der Waals surface area contributed by atoms with Crippen LogP contribution in [0.3, 0.4) is 0 Å². The van der Waals surface area contributed by atoms with Crippen LogP contribution < -0.4 is 5.32 Å². The highest BCUT2D eigenvalue weighted by molar-refractivity contribution is 5.91. The van der Waals surface area contributed by atoms with E-state index in [4.69, 9.17) is 9.47 Å². The number of likely N-dealkylation sites (N-methyl/N-ethyl adjacent to an activating group) is 1. The van der Waals surface area contributed by atoms with Crippen LogP contribution in [0.5, 0.6) is 0 Å². The molecule has 3 rings (SSSR count). The summed E-state index contributed by atoms with van der Waals surface area (Å²) in [5, 5.41) is 2.86. The highest BCUT2D eigenvalue weighted by Crippen LogP contribution is 2.28. The highest BCUT2D eigenvalue weighted by atomic mass is 16.6. The van der Waals surface area contributed by atoms with Gasteiger partial charge in [-0.2, -0.15) is 0 Å². The van der Waals surface area contributed by atoms with Crippen LogP contribution in [0.1, 0.15) is 19.8 Å². The van der Waals surface area contributed by atoms with E-state index < -0.39 is 6.09 Å². The second kappa shape index (κ2) is 9.56. The van der Waals surface area contributed by atoms with Crippen molar-refractivity contribution in [3.8, 4) is 11.1 Å². The van der Waals surface area contributed by atoms with Crippen LogP contribution in [0.25, 0.3) is 11.1 Å². The van der Waals surface area contributed by atoms with Crippen molar-refractivity contribution in [3.63, 3.8) is 0 Å². The lowest BCUT2D eigenvalue weighted by Gasteiger charge is -2.34. The van der Waals surface area contributed by atoms with Gasteiger partial charge in [-0.15, -0.1) is 0 Å². The van der Waals surface area contributed by atoms with E-state index in [2.05, 4.69) is 5.32 Å². The summed E-state index contributed by atoms with van der Waals surface area (Å²) >= 11 is 0. The molecule has 2 aromatic carbocycles. The van der Waals surface area contributed by atoms with Crippen LogP contribution in [0.2, 0.25) is 0 Å². The van der Waals surface area contributed by atoms with Gasteiger partial charge in [-0.1, -0.05) is 48.5 Å². The third-order valence-electron chi connectivity index (χ3n) is 5.54. The van der Waals surface area contributed by atoms with Crippen molar-refractivity contribution >= 4 is 17.7 Å². The van der Waals surface area contributed by atoms with Gasteiger partial charge in [-0.05, 0) is 18.6 Å². The van der Waals surface area contributed by atoms with Gasteiger partial charge in [0.15, 0.2) is 6.54 Å². The number of rotatable bonds is 7. The number of carbonyl (C=O) groups is 2. The molecule has 154 valence electrons. The molecule has 0 aromatic heterocycles. The zero-order valence-corrected chi connectivity index (χ0v) is 17.1. The molecule has 1 N–H and O–H groups in total. The van der Waals surface area contributed by atoms with Gasteiger partial charge in [0.05, 0.1) is 25.9 Å². The smallest absolute Gasteiger partial charge is 0.411 e. The number of para-hydroxylation sites is 1. The standard InChI is InChI=1S/C23H28N2O4/c1-3-28-22(26)16-25(2)15-9-12-19(25)17-29-23(27)24-21-14-8-7-13-20(21)18-10-5-4-6-11-18/h4-8,10-11,13-14,19H,3,9,12,15-17H2,1-2H3/p+1/t19-,25?/m0/s1. The average Bonchev–Trinajstić information content (AvgIpc) is 3.07. The second-order valence-corrected chi connectivity index (χ2v) is 7.60. The quantitative estimate of drug-likeness (QED) is 0.565. The van der Waals surface area contributed by atoms with E-state index >= 15 is 0 Å². The minimum Gasteiger partial charge on any atom is -0.462 e. The first kappa shape index (κ1) is 20.9. The van der Waals surface area contributed by atoms with E-state index in [1.165, 1.54) is 0 Å². The Kier molecular flexibility index (Phi) is 6.88. The van der Waals surface area contributed by atoms with Crippen LogP contribution in [-0.4, -0.2) is 55.9 Å². The Balaban J connectivity index is 1.60. The van der Waals surface area contributed by atoms with E-state index in [1.807, 2.05) is 61.6 Å². The van der Waals surface area contributed by atoms with Crippen molar-refractivity contribution in [1.82, 2.24) is 0 Å². The Labute approximate surface area is 172 Å². The van der Waals surface area contributed by atoms with Gasteiger partial charge < -0.3 is 14.0 Å². The van der Waals surface area contributed by atoms with E-state index in [0.29, 0.717) is 23.3 Å². The molecule has 1 saturated heterocycles. The molecule has 0 aliphatic carbocycles. The second-order valence-electron chi connectivity index (χ2n) is 7.60. The fourth-order valence-corrected chi connectivity index (χ4v) is 3.93. The maximum atomic E-state index is 12.5. The molecule has 6 nitrogen and oxygen atoms in total. The Morgan fingerprint density at radius 2 is 1.79 bits per heavy atom. The largest absolute Gasteiger partial charge is 0.462 e. The summed E-state index contributed by atoms with van der Waals surface area (Å²) in [6, 6.07) is 17.6. The molecule has 0 bridgehead atoms. The zero-order valence-electron chi connectivity index (χ0n) is 17.1. The van der Waals surface area contributed by atoms with Crippen molar-refractivity contribution in [1.29, 1.82) is 0 Å². The van der Waals surface area contributed by atoms with Gasteiger partial charge >= 0.3 is 12.1 Å². The maximum absolute atomic E-state index is 12.5. The monoisotopic (exact) mass is 397 g/mol. The predicted molar refractivity (Wildman–Crippen MR) is 112 cm³/mol. The highest BCUT2D eigenvalue weighted by Gasteiger charge is 2.40. The van der Waals surface area contributed by atoms with E-state index in [1.54, 1.807) is 6.92 Å². The number of carbonyl (C=O) groups excluding carboxylic acids is 2. The molecule has 2 aromatic rings.